The van der Waals surface area contributed by atoms with Crippen molar-refractivity contribution in [3.05, 3.63) is 35.4 Å². The quantitative estimate of drug-likeness (QED) is 0.820. The van der Waals surface area contributed by atoms with E-state index in [1.807, 2.05) is 18.2 Å². The van der Waals surface area contributed by atoms with Gasteiger partial charge in [0.2, 0.25) is 0 Å². The van der Waals surface area contributed by atoms with Crippen molar-refractivity contribution < 1.29 is 4.79 Å². The molecule has 3 rings (SSSR count). The van der Waals surface area contributed by atoms with Crippen LogP contribution in [0, 0.1) is 5.92 Å². The Kier molecular flexibility index (Phi) is 8.34. The van der Waals surface area contributed by atoms with Crippen LogP contribution in [0.1, 0.15) is 41.6 Å². The fourth-order valence-electron chi connectivity index (χ4n) is 3.01. The minimum atomic E-state index is -0.00521. The van der Waals surface area contributed by atoms with E-state index in [9.17, 15) is 4.79 Å². The Hall–Kier alpha value is -0.810. The smallest absolute Gasteiger partial charge is 0.251 e. The average molecular weight is 360 g/mol. The van der Waals surface area contributed by atoms with Crippen LogP contribution in [0.4, 0.5) is 0 Å². The second-order valence-corrected chi connectivity index (χ2v) is 6.39. The summed E-state index contributed by atoms with van der Waals surface area (Å²) in [5.41, 5.74) is 7.99. The summed E-state index contributed by atoms with van der Waals surface area (Å²) in [6.07, 6.45) is 5.00. The van der Waals surface area contributed by atoms with Gasteiger partial charge in [-0.25, -0.2) is 0 Å². The first-order chi connectivity index (χ1) is 10.2. The predicted octanol–water partition coefficient (Wildman–Crippen LogP) is 2.59. The van der Waals surface area contributed by atoms with Crippen LogP contribution in [-0.4, -0.2) is 36.5 Å². The topological polar surface area (TPSA) is 58.4 Å². The third kappa shape index (κ3) is 5.96. The number of carbonyl (C=O) groups excluding carboxylic acids is 1. The largest absolute Gasteiger partial charge is 0.350 e. The lowest BCUT2D eigenvalue weighted by Gasteiger charge is -2.15. The van der Waals surface area contributed by atoms with E-state index in [1.165, 1.54) is 44.3 Å². The zero-order chi connectivity index (χ0) is 14.7. The maximum Gasteiger partial charge on any atom is 0.251 e. The molecule has 3 N–H and O–H groups in total. The second kappa shape index (κ2) is 9.48. The number of nitrogens with one attached hydrogen (secondary N) is 1. The number of nitrogens with zero attached hydrogens (tertiary/aromatic N) is 1. The van der Waals surface area contributed by atoms with Gasteiger partial charge in [-0.2, -0.15) is 0 Å². The van der Waals surface area contributed by atoms with Gasteiger partial charge in [-0.1, -0.05) is 12.1 Å². The number of carbonyl (C=O) groups is 1. The minimum absolute atomic E-state index is 0. The molecule has 1 saturated carbocycles. The third-order valence-corrected chi connectivity index (χ3v) is 4.52. The zero-order valence-corrected chi connectivity index (χ0v) is 15.0. The van der Waals surface area contributed by atoms with E-state index in [0.717, 1.165) is 12.1 Å². The van der Waals surface area contributed by atoms with Gasteiger partial charge < -0.3 is 11.1 Å². The van der Waals surface area contributed by atoms with Crippen molar-refractivity contribution in [2.24, 2.45) is 11.7 Å². The molecule has 1 aromatic rings. The number of nitrogens with two attached hydrogens (primary N) is 1. The lowest BCUT2D eigenvalue weighted by atomic mass is 10.1. The molecule has 1 aliphatic heterocycles. The zero-order valence-electron chi connectivity index (χ0n) is 13.4. The average Bonchev–Trinajstić information content (AvgIpc) is 3.23. The molecule has 1 unspecified atom stereocenters. The van der Waals surface area contributed by atoms with Crippen LogP contribution in [0.3, 0.4) is 0 Å². The van der Waals surface area contributed by atoms with Crippen molar-refractivity contribution in [3.63, 3.8) is 0 Å². The summed E-state index contributed by atoms with van der Waals surface area (Å²) in [4.78, 5) is 14.6. The molecule has 23 heavy (non-hydrogen) atoms. The van der Waals surface area contributed by atoms with Crippen molar-refractivity contribution in [2.75, 3.05) is 19.6 Å². The highest BCUT2D eigenvalue weighted by molar-refractivity contribution is 5.94. The molecule has 0 bridgehead atoms. The van der Waals surface area contributed by atoms with E-state index >= 15 is 0 Å². The maximum atomic E-state index is 12.2. The van der Waals surface area contributed by atoms with Gasteiger partial charge in [0.05, 0.1) is 0 Å². The van der Waals surface area contributed by atoms with Gasteiger partial charge >= 0.3 is 0 Å². The molecule has 2 fully saturated rings. The standard InChI is InChI=1S/C17H25N3O.2ClH/c18-16(14-6-7-14)11-19-17(21)15-5-3-4-13(10-15)12-20-8-1-2-9-20;;/h3-5,10,14,16H,1-2,6-9,11-12,18H2,(H,19,21);2*1H. The molecule has 1 aliphatic carbocycles. The highest BCUT2D eigenvalue weighted by atomic mass is 35.5. The summed E-state index contributed by atoms with van der Waals surface area (Å²) in [5, 5.41) is 2.96. The molecule has 4 nitrogen and oxygen atoms in total. The SMILES string of the molecule is Cl.Cl.NC(CNC(=O)c1cccc(CN2CCCC2)c1)C1CC1. The summed E-state index contributed by atoms with van der Waals surface area (Å²) in [7, 11) is 0. The second-order valence-electron chi connectivity index (χ2n) is 6.39. The normalized spacial score (nSPS) is 18.7. The van der Waals surface area contributed by atoms with Crippen molar-refractivity contribution in [1.82, 2.24) is 10.2 Å². The highest BCUT2D eigenvalue weighted by Crippen LogP contribution is 2.31. The molecule has 1 saturated heterocycles. The molecule has 0 aromatic heterocycles. The summed E-state index contributed by atoms with van der Waals surface area (Å²) in [6.45, 7) is 3.88. The number of halogens is 2. The van der Waals surface area contributed by atoms with Crippen LogP contribution in [0.5, 0.6) is 0 Å². The van der Waals surface area contributed by atoms with Gasteiger partial charge in [0.1, 0.15) is 0 Å². The molecule has 1 atom stereocenters. The fraction of sp³-hybridized carbons (Fsp3) is 0.588. The van der Waals surface area contributed by atoms with Crippen molar-refractivity contribution in [1.29, 1.82) is 0 Å². The first-order valence-corrected chi connectivity index (χ1v) is 8.07. The van der Waals surface area contributed by atoms with E-state index < -0.39 is 0 Å². The van der Waals surface area contributed by atoms with Crippen LogP contribution < -0.4 is 11.1 Å². The lowest BCUT2D eigenvalue weighted by Crippen LogP contribution is -2.38. The summed E-state index contributed by atoms with van der Waals surface area (Å²) >= 11 is 0. The van der Waals surface area contributed by atoms with Gasteiger partial charge in [0.15, 0.2) is 0 Å². The monoisotopic (exact) mass is 359 g/mol. The third-order valence-electron chi connectivity index (χ3n) is 4.52. The Morgan fingerprint density at radius 1 is 1.26 bits per heavy atom. The van der Waals surface area contributed by atoms with Crippen LogP contribution in [-0.2, 0) is 6.54 Å². The predicted molar refractivity (Wildman–Crippen MR) is 98.5 cm³/mol. The Labute approximate surface area is 151 Å². The summed E-state index contributed by atoms with van der Waals surface area (Å²) in [5.74, 6) is 0.612. The van der Waals surface area contributed by atoms with Crippen molar-refractivity contribution in [3.8, 4) is 0 Å². The van der Waals surface area contributed by atoms with Gasteiger partial charge in [-0.05, 0) is 62.4 Å². The number of hydrogen-bond donors (Lipinski definition) is 2. The fourth-order valence-corrected chi connectivity index (χ4v) is 3.01. The van der Waals surface area contributed by atoms with E-state index in [2.05, 4.69) is 16.3 Å². The molecule has 1 aromatic carbocycles. The molecular weight excluding hydrogens is 333 g/mol. The highest BCUT2D eigenvalue weighted by Gasteiger charge is 2.28. The van der Waals surface area contributed by atoms with Crippen molar-refractivity contribution in [2.45, 2.75) is 38.3 Å². The number of hydrogen-bond acceptors (Lipinski definition) is 3. The first kappa shape index (κ1) is 20.2. The number of likely N-dealkylation sites (tertiary alicyclic amines) is 1. The Morgan fingerprint density at radius 2 is 1.96 bits per heavy atom. The molecule has 0 radical (unpaired) electrons. The molecule has 0 spiro atoms. The van der Waals surface area contributed by atoms with Gasteiger partial charge in [-0.3, -0.25) is 9.69 Å². The Bertz CT molecular complexity index is 502. The molecule has 130 valence electrons. The molecular formula is C17H27Cl2N3O. The number of rotatable bonds is 6. The van der Waals surface area contributed by atoms with E-state index in [4.69, 9.17) is 5.73 Å². The molecule has 6 heteroatoms. The minimum Gasteiger partial charge on any atom is -0.350 e. The number of amides is 1. The Balaban J connectivity index is 0.00000132. The molecule has 1 amide bonds. The van der Waals surface area contributed by atoms with Crippen LogP contribution in [0.2, 0.25) is 0 Å². The number of benzene rings is 1. The van der Waals surface area contributed by atoms with Crippen molar-refractivity contribution >= 4 is 30.7 Å². The van der Waals surface area contributed by atoms with Gasteiger partial charge in [0, 0.05) is 24.7 Å². The Morgan fingerprint density at radius 3 is 2.61 bits per heavy atom. The van der Waals surface area contributed by atoms with E-state index in [0.29, 0.717) is 12.5 Å². The van der Waals surface area contributed by atoms with Gasteiger partial charge in [-0.15, -0.1) is 24.8 Å². The van der Waals surface area contributed by atoms with E-state index in [1.54, 1.807) is 0 Å². The van der Waals surface area contributed by atoms with Crippen LogP contribution in [0.25, 0.3) is 0 Å². The molecule has 1 heterocycles. The van der Waals surface area contributed by atoms with E-state index in [-0.39, 0.29) is 36.8 Å². The first-order valence-electron chi connectivity index (χ1n) is 8.07. The summed E-state index contributed by atoms with van der Waals surface area (Å²) < 4.78 is 0. The lowest BCUT2D eigenvalue weighted by molar-refractivity contribution is 0.0950. The molecule has 2 aliphatic rings. The van der Waals surface area contributed by atoms with Crippen LogP contribution >= 0.6 is 24.8 Å². The van der Waals surface area contributed by atoms with Crippen LogP contribution in [0.15, 0.2) is 24.3 Å². The van der Waals surface area contributed by atoms with Gasteiger partial charge in [0.25, 0.3) is 5.91 Å². The summed E-state index contributed by atoms with van der Waals surface area (Å²) in [6, 6.07) is 8.08. The maximum absolute atomic E-state index is 12.2.